The fourth-order valence-corrected chi connectivity index (χ4v) is 1.92. The number of rotatable bonds is 5. The molecular formula is C16H20N2. The highest BCUT2D eigenvalue weighted by Gasteiger charge is 2.05. The Kier molecular flexibility index (Phi) is 4.24. The molecule has 0 amide bonds. The van der Waals surface area contributed by atoms with Gasteiger partial charge < -0.3 is 0 Å². The van der Waals surface area contributed by atoms with Gasteiger partial charge in [0.25, 0.3) is 0 Å². The molecule has 0 aromatic heterocycles. The van der Waals surface area contributed by atoms with E-state index >= 15 is 0 Å². The molecule has 2 nitrogen and oxygen atoms in total. The van der Waals surface area contributed by atoms with E-state index < -0.39 is 0 Å². The van der Waals surface area contributed by atoms with Crippen LogP contribution in [0.15, 0.2) is 54.6 Å². The minimum Gasteiger partial charge on any atom is -0.298 e. The maximum absolute atomic E-state index is 3.50. The number of aryl methyl sites for hydroxylation is 1. The summed E-state index contributed by atoms with van der Waals surface area (Å²) in [6.07, 6.45) is 1.10. The molecule has 2 aromatic carbocycles. The van der Waals surface area contributed by atoms with Crippen LogP contribution < -0.4 is 10.4 Å². The quantitative estimate of drug-likeness (QED) is 0.786. The largest absolute Gasteiger partial charge is 0.298 e. The average molecular weight is 240 g/mol. The van der Waals surface area contributed by atoms with Crippen LogP contribution in [0.3, 0.4) is 0 Å². The molecule has 18 heavy (non-hydrogen) atoms. The fraction of sp³-hybridized carbons (Fsp3) is 0.250. The molecule has 0 aliphatic heterocycles. The molecule has 0 unspecified atom stereocenters. The molecule has 0 radical (unpaired) electrons. The highest BCUT2D eigenvalue weighted by Crippen LogP contribution is 2.19. The van der Waals surface area contributed by atoms with E-state index in [0.29, 0.717) is 0 Å². The van der Waals surface area contributed by atoms with Gasteiger partial charge in [0.2, 0.25) is 0 Å². The van der Waals surface area contributed by atoms with Gasteiger partial charge in [-0.25, -0.2) is 0 Å². The monoisotopic (exact) mass is 240 g/mol. The zero-order valence-corrected chi connectivity index (χ0v) is 11.1. The molecule has 0 aliphatic rings. The Bertz CT molecular complexity index is 479. The van der Waals surface area contributed by atoms with Crippen molar-refractivity contribution in [2.75, 3.05) is 17.0 Å². The van der Waals surface area contributed by atoms with E-state index in [1.54, 1.807) is 0 Å². The first-order chi connectivity index (χ1) is 8.81. The van der Waals surface area contributed by atoms with Gasteiger partial charge in [0, 0.05) is 6.54 Å². The second-order valence-electron chi connectivity index (χ2n) is 4.41. The molecule has 0 saturated carbocycles. The topological polar surface area (TPSA) is 15.3 Å². The third-order valence-corrected chi connectivity index (χ3v) is 2.92. The number of para-hydroxylation sites is 2. The highest BCUT2D eigenvalue weighted by atomic mass is 15.5. The van der Waals surface area contributed by atoms with Gasteiger partial charge in [-0.15, -0.1) is 0 Å². The van der Waals surface area contributed by atoms with E-state index in [1.165, 1.54) is 11.3 Å². The molecule has 2 heteroatoms. The summed E-state index contributed by atoms with van der Waals surface area (Å²) in [6.45, 7) is 5.30. The van der Waals surface area contributed by atoms with Crippen molar-refractivity contribution in [3.8, 4) is 0 Å². The predicted molar refractivity (Wildman–Crippen MR) is 78.9 cm³/mol. The van der Waals surface area contributed by atoms with E-state index in [2.05, 4.69) is 72.8 Å². The van der Waals surface area contributed by atoms with Crippen molar-refractivity contribution in [2.24, 2.45) is 0 Å². The Morgan fingerprint density at radius 2 is 1.61 bits per heavy atom. The van der Waals surface area contributed by atoms with Crippen LogP contribution >= 0.6 is 0 Å². The number of anilines is 2. The summed E-state index contributed by atoms with van der Waals surface area (Å²) in [4.78, 5) is 0. The summed E-state index contributed by atoms with van der Waals surface area (Å²) in [6, 6.07) is 18.8. The molecular weight excluding hydrogens is 220 g/mol. The molecule has 0 saturated heterocycles. The summed E-state index contributed by atoms with van der Waals surface area (Å²) < 4.78 is 0. The van der Waals surface area contributed by atoms with Crippen LogP contribution in [0, 0.1) is 6.92 Å². The van der Waals surface area contributed by atoms with Crippen LogP contribution in [0.4, 0.5) is 11.4 Å². The Balaban J connectivity index is 2.19. The summed E-state index contributed by atoms with van der Waals surface area (Å²) >= 11 is 0. The number of hydrazine groups is 1. The van der Waals surface area contributed by atoms with Crippen LogP contribution in [0.25, 0.3) is 0 Å². The number of benzene rings is 2. The SMILES string of the molecule is CCCN(Nc1ccccc1C)c1ccccc1. The third kappa shape index (κ3) is 3.04. The smallest absolute Gasteiger partial charge is 0.0571 e. The molecule has 0 aliphatic carbocycles. The van der Waals surface area contributed by atoms with Crippen molar-refractivity contribution in [2.45, 2.75) is 20.3 Å². The van der Waals surface area contributed by atoms with Gasteiger partial charge in [-0.3, -0.25) is 10.4 Å². The van der Waals surface area contributed by atoms with E-state index in [1.807, 2.05) is 6.07 Å². The second kappa shape index (κ2) is 6.10. The number of hydrogen-bond acceptors (Lipinski definition) is 2. The van der Waals surface area contributed by atoms with Crippen molar-refractivity contribution in [1.29, 1.82) is 0 Å². The van der Waals surface area contributed by atoms with Gasteiger partial charge in [-0.1, -0.05) is 43.3 Å². The molecule has 0 heterocycles. The lowest BCUT2D eigenvalue weighted by Gasteiger charge is -2.27. The summed E-state index contributed by atoms with van der Waals surface area (Å²) in [5.41, 5.74) is 7.12. The lowest BCUT2D eigenvalue weighted by molar-refractivity contribution is 0.841. The summed E-state index contributed by atoms with van der Waals surface area (Å²) in [5, 5.41) is 2.20. The van der Waals surface area contributed by atoms with Crippen molar-refractivity contribution in [3.05, 3.63) is 60.2 Å². The Morgan fingerprint density at radius 3 is 2.28 bits per heavy atom. The first-order valence-corrected chi connectivity index (χ1v) is 6.46. The van der Waals surface area contributed by atoms with Gasteiger partial charge in [0.1, 0.15) is 0 Å². The highest BCUT2D eigenvalue weighted by molar-refractivity contribution is 5.58. The summed E-state index contributed by atoms with van der Waals surface area (Å²) in [7, 11) is 0. The Morgan fingerprint density at radius 1 is 0.944 bits per heavy atom. The van der Waals surface area contributed by atoms with Crippen molar-refractivity contribution >= 4 is 11.4 Å². The normalized spacial score (nSPS) is 10.1. The van der Waals surface area contributed by atoms with Gasteiger partial charge in [-0.2, -0.15) is 0 Å². The first kappa shape index (κ1) is 12.5. The van der Waals surface area contributed by atoms with E-state index in [-0.39, 0.29) is 0 Å². The number of nitrogens with one attached hydrogen (secondary N) is 1. The van der Waals surface area contributed by atoms with Crippen molar-refractivity contribution < 1.29 is 0 Å². The lowest BCUT2D eigenvalue weighted by atomic mass is 10.2. The number of hydrogen-bond donors (Lipinski definition) is 1. The van der Waals surface area contributed by atoms with Crippen LogP contribution in [-0.2, 0) is 0 Å². The maximum atomic E-state index is 3.50. The van der Waals surface area contributed by atoms with Crippen LogP contribution in [-0.4, -0.2) is 6.54 Å². The zero-order chi connectivity index (χ0) is 12.8. The number of nitrogens with zero attached hydrogens (tertiary/aromatic N) is 1. The molecule has 0 fully saturated rings. The van der Waals surface area contributed by atoms with Gasteiger partial charge in [-0.05, 0) is 37.1 Å². The minimum absolute atomic E-state index is 0.984. The molecule has 0 atom stereocenters. The second-order valence-corrected chi connectivity index (χ2v) is 4.41. The van der Waals surface area contributed by atoms with Gasteiger partial charge >= 0.3 is 0 Å². The molecule has 1 N–H and O–H groups in total. The zero-order valence-electron chi connectivity index (χ0n) is 11.1. The van der Waals surface area contributed by atoms with Crippen LogP contribution in [0.2, 0.25) is 0 Å². The first-order valence-electron chi connectivity index (χ1n) is 6.46. The molecule has 94 valence electrons. The molecule has 2 rings (SSSR count). The maximum Gasteiger partial charge on any atom is 0.0571 e. The minimum atomic E-state index is 0.984. The van der Waals surface area contributed by atoms with E-state index in [0.717, 1.165) is 18.7 Å². The molecule has 2 aromatic rings. The van der Waals surface area contributed by atoms with Crippen LogP contribution in [0.5, 0.6) is 0 Å². The Hall–Kier alpha value is -1.96. The predicted octanol–water partition coefficient (Wildman–Crippen LogP) is 4.24. The standard InChI is InChI=1S/C16H20N2/c1-3-13-18(15-10-5-4-6-11-15)17-16-12-8-7-9-14(16)2/h4-12,17H,3,13H2,1-2H3. The van der Waals surface area contributed by atoms with E-state index in [4.69, 9.17) is 0 Å². The summed E-state index contributed by atoms with van der Waals surface area (Å²) in [5.74, 6) is 0. The fourth-order valence-electron chi connectivity index (χ4n) is 1.92. The van der Waals surface area contributed by atoms with Crippen molar-refractivity contribution in [1.82, 2.24) is 0 Å². The van der Waals surface area contributed by atoms with E-state index in [9.17, 15) is 0 Å². The third-order valence-electron chi connectivity index (χ3n) is 2.92. The van der Waals surface area contributed by atoms with Crippen LogP contribution in [0.1, 0.15) is 18.9 Å². The average Bonchev–Trinajstić information content (AvgIpc) is 2.42. The molecule has 0 spiro atoms. The van der Waals surface area contributed by atoms with Gasteiger partial charge in [0.15, 0.2) is 0 Å². The molecule has 0 bridgehead atoms. The lowest BCUT2D eigenvalue weighted by Crippen LogP contribution is -2.30. The Labute approximate surface area is 109 Å². The van der Waals surface area contributed by atoms with Crippen molar-refractivity contribution in [3.63, 3.8) is 0 Å². The van der Waals surface area contributed by atoms with Gasteiger partial charge in [0.05, 0.1) is 11.4 Å².